The lowest BCUT2D eigenvalue weighted by Crippen LogP contribution is -2.21. The molecule has 20 heavy (non-hydrogen) atoms. The Labute approximate surface area is 124 Å². The summed E-state index contributed by atoms with van der Waals surface area (Å²) < 4.78 is 19.5. The SMILES string of the molecule is O=C(c1ccc(Br)c(F)c1)C1CCOc2ccccc21. The third kappa shape index (κ3) is 2.36. The number of carbonyl (C=O) groups excluding carboxylic acids is 1. The quantitative estimate of drug-likeness (QED) is 0.764. The fourth-order valence-electron chi connectivity index (χ4n) is 2.47. The molecular weight excluding hydrogens is 323 g/mol. The Morgan fingerprint density at radius 1 is 1.25 bits per heavy atom. The van der Waals surface area contributed by atoms with Gasteiger partial charge >= 0.3 is 0 Å². The fourth-order valence-corrected chi connectivity index (χ4v) is 2.71. The Bertz CT molecular complexity index is 669. The molecule has 2 nitrogen and oxygen atoms in total. The van der Waals surface area contributed by atoms with Crippen molar-refractivity contribution in [1.82, 2.24) is 0 Å². The number of rotatable bonds is 2. The first-order valence-electron chi connectivity index (χ1n) is 6.38. The van der Waals surface area contributed by atoms with Crippen LogP contribution in [-0.4, -0.2) is 12.4 Å². The molecule has 0 fully saturated rings. The maximum atomic E-state index is 13.6. The van der Waals surface area contributed by atoms with Crippen molar-refractivity contribution in [2.24, 2.45) is 0 Å². The van der Waals surface area contributed by atoms with Crippen molar-refractivity contribution >= 4 is 21.7 Å². The fraction of sp³-hybridized carbons (Fsp3) is 0.188. The van der Waals surface area contributed by atoms with E-state index >= 15 is 0 Å². The van der Waals surface area contributed by atoms with E-state index in [0.29, 0.717) is 23.1 Å². The molecule has 2 aromatic rings. The molecule has 0 bridgehead atoms. The molecule has 1 atom stereocenters. The van der Waals surface area contributed by atoms with Crippen LogP contribution in [0.5, 0.6) is 5.75 Å². The molecule has 1 aliphatic rings. The number of hydrogen-bond acceptors (Lipinski definition) is 2. The van der Waals surface area contributed by atoms with Crippen molar-refractivity contribution in [3.63, 3.8) is 0 Å². The summed E-state index contributed by atoms with van der Waals surface area (Å²) in [5.74, 6) is -0.00134. The van der Waals surface area contributed by atoms with Crippen molar-refractivity contribution in [1.29, 1.82) is 0 Å². The predicted molar refractivity (Wildman–Crippen MR) is 77.7 cm³/mol. The summed E-state index contributed by atoms with van der Waals surface area (Å²) >= 11 is 3.09. The van der Waals surface area contributed by atoms with Crippen molar-refractivity contribution in [3.8, 4) is 5.75 Å². The maximum absolute atomic E-state index is 13.6. The molecule has 0 aliphatic carbocycles. The zero-order valence-corrected chi connectivity index (χ0v) is 12.2. The summed E-state index contributed by atoms with van der Waals surface area (Å²) in [7, 11) is 0. The van der Waals surface area contributed by atoms with E-state index in [0.717, 1.165) is 11.3 Å². The number of para-hydroxylation sites is 1. The van der Waals surface area contributed by atoms with Gasteiger partial charge in [0.1, 0.15) is 11.6 Å². The monoisotopic (exact) mass is 334 g/mol. The zero-order chi connectivity index (χ0) is 14.1. The Hall–Kier alpha value is -1.68. The minimum atomic E-state index is -0.420. The van der Waals surface area contributed by atoms with Gasteiger partial charge in [0.2, 0.25) is 0 Å². The summed E-state index contributed by atoms with van der Waals surface area (Å²) in [5.41, 5.74) is 1.28. The van der Waals surface area contributed by atoms with Crippen molar-refractivity contribution in [3.05, 3.63) is 63.9 Å². The van der Waals surface area contributed by atoms with Crippen LogP contribution in [0.15, 0.2) is 46.9 Å². The third-order valence-electron chi connectivity index (χ3n) is 3.48. The number of fused-ring (bicyclic) bond motifs is 1. The molecule has 3 rings (SSSR count). The summed E-state index contributed by atoms with van der Waals surface area (Å²) in [5, 5.41) is 0. The molecule has 102 valence electrons. The van der Waals surface area contributed by atoms with Crippen LogP contribution in [0.1, 0.15) is 28.3 Å². The van der Waals surface area contributed by atoms with E-state index in [1.54, 1.807) is 12.1 Å². The van der Waals surface area contributed by atoms with Crippen LogP contribution in [0.25, 0.3) is 0 Å². The van der Waals surface area contributed by atoms with Gasteiger partial charge in [-0.05, 0) is 40.5 Å². The van der Waals surface area contributed by atoms with Crippen LogP contribution in [0.3, 0.4) is 0 Å². The van der Waals surface area contributed by atoms with Gasteiger partial charge < -0.3 is 4.74 Å². The van der Waals surface area contributed by atoms with E-state index in [2.05, 4.69) is 15.9 Å². The Kier molecular flexibility index (Phi) is 3.57. The summed E-state index contributed by atoms with van der Waals surface area (Å²) in [6.07, 6.45) is 0.619. The van der Waals surface area contributed by atoms with Crippen LogP contribution >= 0.6 is 15.9 Å². The van der Waals surface area contributed by atoms with Gasteiger partial charge in [-0.15, -0.1) is 0 Å². The number of benzene rings is 2. The highest BCUT2D eigenvalue weighted by Crippen LogP contribution is 2.35. The third-order valence-corrected chi connectivity index (χ3v) is 4.12. The molecule has 0 N–H and O–H groups in total. The predicted octanol–water partition coefficient (Wildman–Crippen LogP) is 4.34. The standard InChI is InChI=1S/C16H12BrFO2/c17-13-6-5-10(9-14(13)18)16(19)12-7-8-20-15-4-2-1-3-11(12)15/h1-6,9,12H,7-8H2. The highest BCUT2D eigenvalue weighted by molar-refractivity contribution is 9.10. The first-order chi connectivity index (χ1) is 9.66. The van der Waals surface area contributed by atoms with Crippen LogP contribution in [0, 0.1) is 5.82 Å². The van der Waals surface area contributed by atoms with Crippen molar-refractivity contribution < 1.29 is 13.9 Å². The van der Waals surface area contributed by atoms with Gasteiger partial charge in [-0.1, -0.05) is 24.3 Å². The van der Waals surface area contributed by atoms with E-state index in [1.807, 2.05) is 24.3 Å². The second kappa shape index (κ2) is 5.37. The van der Waals surface area contributed by atoms with Crippen molar-refractivity contribution in [2.45, 2.75) is 12.3 Å². The van der Waals surface area contributed by atoms with Gasteiger partial charge in [-0.3, -0.25) is 4.79 Å². The molecule has 1 heterocycles. The molecule has 0 radical (unpaired) electrons. The second-order valence-electron chi connectivity index (χ2n) is 4.72. The van der Waals surface area contributed by atoms with Gasteiger partial charge in [0, 0.05) is 11.1 Å². The van der Waals surface area contributed by atoms with Gasteiger partial charge in [-0.2, -0.15) is 0 Å². The molecule has 0 spiro atoms. The molecule has 0 saturated heterocycles. The molecule has 0 saturated carbocycles. The molecule has 1 aliphatic heterocycles. The van der Waals surface area contributed by atoms with Gasteiger partial charge in [0.25, 0.3) is 0 Å². The Morgan fingerprint density at radius 3 is 2.85 bits per heavy atom. The number of carbonyl (C=O) groups is 1. The lowest BCUT2D eigenvalue weighted by atomic mass is 9.86. The number of ether oxygens (including phenoxy) is 1. The van der Waals surface area contributed by atoms with Crippen LogP contribution in [0.4, 0.5) is 4.39 Å². The highest BCUT2D eigenvalue weighted by Gasteiger charge is 2.28. The number of ketones is 1. The zero-order valence-electron chi connectivity index (χ0n) is 10.6. The van der Waals surface area contributed by atoms with Crippen molar-refractivity contribution in [2.75, 3.05) is 6.61 Å². The summed E-state index contributed by atoms with van der Waals surface area (Å²) in [6.45, 7) is 0.506. The second-order valence-corrected chi connectivity index (χ2v) is 5.58. The van der Waals surface area contributed by atoms with Crippen LogP contribution in [0.2, 0.25) is 0 Å². The maximum Gasteiger partial charge on any atom is 0.170 e. The van der Waals surface area contributed by atoms with Crippen LogP contribution < -0.4 is 4.74 Å². The highest BCUT2D eigenvalue weighted by atomic mass is 79.9. The Morgan fingerprint density at radius 2 is 2.05 bits per heavy atom. The number of Topliss-reactive ketones (excluding diaryl/α,β-unsaturated/α-hetero) is 1. The Balaban J connectivity index is 1.97. The molecule has 4 heteroatoms. The normalized spacial score (nSPS) is 17.2. The molecule has 2 aromatic carbocycles. The van der Waals surface area contributed by atoms with E-state index in [-0.39, 0.29) is 11.7 Å². The average molecular weight is 335 g/mol. The van der Waals surface area contributed by atoms with Gasteiger partial charge in [-0.25, -0.2) is 4.39 Å². The number of halogens is 2. The summed E-state index contributed by atoms with van der Waals surface area (Å²) in [4.78, 5) is 12.6. The molecule has 1 unspecified atom stereocenters. The van der Waals surface area contributed by atoms with Crippen LogP contribution in [-0.2, 0) is 0 Å². The number of hydrogen-bond donors (Lipinski definition) is 0. The van der Waals surface area contributed by atoms with E-state index < -0.39 is 5.82 Å². The lowest BCUT2D eigenvalue weighted by molar-refractivity contribution is 0.0932. The average Bonchev–Trinajstić information content (AvgIpc) is 2.49. The lowest BCUT2D eigenvalue weighted by Gasteiger charge is -2.24. The van der Waals surface area contributed by atoms with E-state index in [4.69, 9.17) is 4.74 Å². The largest absolute Gasteiger partial charge is 0.493 e. The summed E-state index contributed by atoms with van der Waals surface area (Å²) in [6, 6.07) is 12.0. The minimum absolute atomic E-state index is 0.0628. The van der Waals surface area contributed by atoms with E-state index in [1.165, 1.54) is 6.07 Å². The molecule has 0 amide bonds. The van der Waals surface area contributed by atoms with Gasteiger partial charge in [0.05, 0.1) is 17.0 Å². The topological polar surface area (TPSA) is 26.3 Å². The molecule has 0 aromatic heterocycles. The van der Waals surface area contributed by atoms with Gasteiger partial charge in [0.15, 0.2) is 5.78 Å². The first kappa shape index (κ1) is 13.3. The first-order valence-corrected chi connectivity index (χ1v) is 7.17. The molecular formula is C16H12BrFO2. The smallest absolute Gasteiger partial charge is 0.170 e. The minimum Gasteiger partial charge on any atom is -0.493 e. The van der Waals surface area contributed by atoms with E-state index in [9.17, 15) is 9.18 Å².